The minimum absolute atomic E-state index is 0.0330. The minimum Gasteiger partial charge on any atom is -0.392 e. The second-order valence-electron chi connectivity index (χ2n) is 13.0. The number of rotatable bonds is 9. The van der Waals surface area contributed by atoms with Crippen molar-refractivity contribution in [2.75, 3.05) is 24.4 Å². The van der Waals surface area contributed by atoms with Crippen LogP contribution in [0.2, 0.25) is 0 Å². The van der Waals surface area contributed by atoms with Gasteiger partial charge in [0.1, 0.15) is 4.90 Å². The number of nitrogens with one attached hydrogen (secondary N) is 1. The summed E-state index contributed by atoms with van der Waals surface area (Å²) >= 11 is 0. The molecule has 49 heavy (non-hydrogen) atoms. The van der Waals surface area contributed by atoms with Gasteiger partial charge in [0.2, 0.25) is 0 Å². The van der Waals surface area contributed by atoms with Crippen LogP contribution in [0.15, 0.2) is 120 Å². The lowest BCUT2D eigenvalue weighted by atomic mass is 9.83. The molecular formula is C40H43N3O5S. The van der Waals surface area contributed by atoms with Gasteiger partial charge >= 0.3 is 0 Å². The summed E-state index contributed by atoms with van der Waals surface area (Å²) in [6.45, 7) is 2.78. The van der Waals surface area contributed by atoms with Gasteiger partial charge in [0, 0.05) is 35.3 Å². The first kappa shape index (κ1) is 33.4. The van der Waals surface area contributed by atoms with E-state index in [2.05, 4.69) is 38.9 Å². The Morgan fingerprint density at radius 2 is 1.47 bits per heavy atom. The lowest BCUT2D eigenvalue weighted by Gasteiger charge is -2.44. The highest BCUT2D eigenvalue weighted by Gasteiger charge is 2.42. The SMILES string of the molecule is O=S(=O)(Nc1cccc(C2OC(CN3CCCCCCC3)C(c3ccccc3)C(c3ccc(CO)cc3)O2)c1)c1cccc2cccnc12. The van der Waals surface area contributed by atoms with Crippen molar-refractivity contribution in [2.24, 2.45) is 0 Å². The van der Waals surface area contributed by atoms with E-state index in [0.29, 0.717) is 11.2 Å². The first-order valence-electron chi connectivity index (χ1n) is 17.2. The van der Waals surface area contributed by atoms with Crippen LogP contribution in [-0.2, 0) is 26.1 Å². The number of fused-ring (bicyclic) bond motifs is 1. The van der Waals surface area contributed by atoms with Gasteiger partial charge in [-0.15, -0.1) is 0 Å². The Morgan fingerprint density at radius 3 is 2.24 bits per heavy atom. The standard InChI is InChI=1S/C40H43N3O5S/c44-28-29-19-21-32(22-20-29)39-37(30-12-5-4-6-13-30)35(27-43-24-7-2-1-3-8-25-43)47-40(48-39)33-15-9-17-34(26-33)42-49(45,46)36-18-10-14-31-16-11-23-41-38(31)36/h4-6,9-23,26,35,37,39-40,42,44H,1-3,7-8,24-25,27-28H2. The van der Waals surface area contributed by atoms with Crippen molar-refractivity contribution in [3.05, 3.63) is 138 Å². The number of aliphatic hydroxyl groups excluding tert-OH is 1. The maximum absolute atomic E-state index is 13.7. The van der Waals surface area contributed by atoms with Crippen LogP contribution in [0.3, 0.4) is 0 Å². The number of ether oxygens (including phenoxy) is 2. The fourth-order valence-corrected chi connectivity index (χ4v) is 8.40. The quantitative estimate of drug-likeness (QED) is 0.165. The molecule has 7 rings (SSSR count). The van der Waals surface area contributed by atoms with Crippen LogP contribution in [0.5, 0.6) is 0 Å². The Balaban J connectivity index is 1.23. The summed E-state index contributed by atoms with van der Waals surface area (Å²) in [5.41, 5.74) is 4.52. The molecule has 2 saturated heterocycles. The van der Waals surface area contributed by atoms with Gasteiger partial charge in [-0.25, -0.2) is 8.42 Å². The van der Waals surface area contributed by atoms with Gasteiger partial charge in [0.05, 0.1) is 24.3 Å². The molecular weight excluding hydrogens is 635 g/mol. The topological polar surface area (TPSA) is 101 Å². The third-order valence-corrected chi connectivity index (χ3v) is 11.1. The summed E-state index contributed by atoms with van der Waals surface area (Å²) in [6, 6.07) is 34.4. The maximum Gasteiger partial charge on any atom is 0.264 e. The number of aromatic nitrogens is 1. The fourth-order valence-electron chi connectivity index (χ4n) is 7.17. The number of hydrogen-bond donors (Lipinski definition) is 2. The third-order valence-electron chi connectivity index (χ3n) is 9.65. The predicted molar refractivity (Wildman–Crippen MR) is 192 cm³/mol. The number of para-hydroxylation sites is 1. The van der Waals surface area contributed by atoms with Crippen molar-refractivity contribution in [3.63, 3.8) is 0 Å². The summed E-state index contributed by atoms with van der Waals surface area (Å²) in [7, 11) is -3.95. The van der Waals surface area contributed by atoms with E-state index < -0.39 is 16.3 Å². The molecule has 2 aliphatic heterocycles. The monoisotopic (exact) mass is 677 g/mol. The first-order chi connectivity index (χ1) is 24.0. The van der Waals surface area contributed by atoms with E-state index in [1.807, 2.05) is 54.6 Å². The molecule has 1 aromatic heterocycles. The van der Waals surface area contributed by atoms with Gasteiger partial charge in [-0.3, -0.25) is 9.71 Å². The Kier molecular flexibility index (Phi) is 10.3. The molecule has 2 fully saturated rings. The number of likely N-dealkylation sites (tertiary alicyclic amines) is 1. The molecule has 0 amide bonds. The minimum atomic E-state index is -3.95. The highest BCUT2D eigenvalue weighted by atomic mass is 32.2. The second-order valence-corrected chi connectivity index (χ2v) is 14.7. The molecule has 4 aromatic carbocycles. The van der Waals surface area contributed by atoms with Crippen LogP contribution in [0.25, 0.3) is 10.9 Å². The van der Waals surface area contributed by atoms with E-state index in [-0.39, 0.29) is 29.6 Å². The van der Waals surface area contributed by atoms with E-state index >= 15 is 0 Å². The molecule has 5 aromatic rings. The highest BCUT2D eigenvalue weighted by molar-refractivity contribution is 7.93. The number of nitrogens with zero attached hydrogens (tertiary/aromatic N) is 2. The third kappa shape index (κ3) is 7.71. The van der Waals surface area contributed by atoms with E-state index in [1.54, 1.807) is 36.5 Å². The molecule has 4 unspecified atom stereocenters. The van der Waals surface area contributed by atoms with Crippen molar-refractivity contribution in [3.8, 4) is 0 Å². The van der Waals surface area contributed by atoms with Crippen molar-refractivity contribution >= 4 is 26.6 Å². The molecule has 254 valence electrons. The smallest absolute Gasteiger partial charge is 0.264 e. The number of sulfonamides is 1. The van der Waals surface area contributed by atoms with Crippen molar-refractivity contribution in [2.45, 2.75) is 68.0 Å². The number of benzene rings is 4. The zero-order valence-electron chi connectivity index (χ0n) is 27.5. The van der Waals surface area contributed by atoms with Gasteiger partial charge in [-0.2, -0.15) is 0 Å². The second kappa shape index (κ2) is 15.2. The average molecular weight is 678 g/mol. The lowest BCUT2D eigenvalue weighted by Crippen LogP contribution is -2.45. The number of hydrogen-bond acceptors (Lipinski definition) is 7. The van der Waals surface area contributed by atoms with Gasteiger partial charge in [-0.1, -0.05) is 104 Å². The van der Waals surface area contributed by atoms with Crippen molar-refractivity contribution < 1.29 is 23.0 Å². The summed E-state index contributed by atoms with van der Waals surface area (Å²) < 4.78 is 44.0. The van der Waals surface area contributed by atoms with Crippen molar-refractivity contribution in [1.82, 2.24) is 9.88 Å². The largest absolute Gasteiger partial charge is 0.392 e. The molecule has 8 nitrogen and oxygen atoms in total. The number of pyridine rings is 1. The summed E-state index contributed by atoms with van der Waals surface area (Å²) in [5.74, 6) is -0.0941. The normalized spacial score (nSPS) is 22.3. The molecule has 3 heterocycles. The zero-order chi connectivity index (χ0) is 33.6. The van der Waals surface area contributed by atoms with E-state index in [0.717, 1.165) is 47.3 Å². The van der Waals surface area contributed by atoms with E-state index in [4.69, 9.17) is 9.47 Å². The van der Waals surface area contributed by atoms with Crippen LogP contribution in [-0.4, -0.2) is 49.1 Å². The Labute approximate surface area is 288 Å². The molecule has 0 bridgehead atoms. The van der Waals surface area contributed by atoms with E-state index in [9.17, 15) is 13.5 Å². The van der Waals surface area contributed by atoms with Crippen molar-refractivity contribution in [1.29, 1.82) is 0 Å². The molecule has 0 spiro atoms. The fraction of sp³-hybridized carbons (Fsp3) is 0.325. The Bertz CT molecular complexity index is 1940. The van der Waals surface area contributed by atoms with Gasteiger partial charge in [0.15, 0.2) is 6.29 Å². The van der Waals surface area contributed by atoms with Crippen LogP contribution in [0.4, 0.5) is 5.69 Å². The zero-order valence-corrected chi connectivity index (χ0v) is 28.3. The molecule has 0 radical (unpaired) electrons. The van der Waals surface area contributed by atoms with Gasteiger partial charge < -0.3 is 19.5 Å². The lowest BCUT2D eigenvalue weighted by molar-refractivity contribution is -0.263. The molecule has 9 heteroatoms. The summed E-state index contributed by atoms with van der Waals surface area (Å²) in [5, 5.41) is 10.5. The van der Waals surface area contributed by atoms with Crippen LogP contribution >= 0.6 is 0 Å². The molecule has 4 atom stereocenters. The molecule has 0 saturated carbocycles. The van der Waals surface area contributed by atoms with Crippen LogP contribution in [0.1, 0.15) is 72.7 Å². The highest BCUT2D eigenvalue weighted by Crippen LogP contribution is 2.47. The molecule has 2 N–H and O–H groups in total. The number of aliphatic hydroxyl groups is 1. The predicted octanol–water partition coefficient (Wildman–Crippen LogP) is 7.73. The summed E-state index contributed by atoms with van der Waals surface area (Å²) in [4.78, 5) is 7.01. The first-order valence-corrected chi connectivity index (χ1v) is 18.7. The summed E-state index contributed by atoms with van der Waals surface area (Å²) in [6.07, 6.45) is 6.41. The maximum atomic E-state index is 13.7. The Morgan fingerprint density at radius 1 is 0.755 bits per heavy atom. The van der Waals surface area contributed by atoms with Gasteiger partial charge in [0.25, 0.3) is 10.0 Å². The van der Waals surface area contributed by atoms with E-state index in [1.165, 1.54) is 32.1 Å². The number of anilines is 1. The molecule has 0 aliphatic carbocycles. The Hall–Kier alpha value is -4.12. The molecule has 2 aliphatic rings. The van der Waals surface area contributed by atoms with Crippen LogP contribution in [0, 0.1) is 0 Å². The average Bonchev–Trinajstić information content (AvgIpc) is 3.12. The van der Waals surface area contributed by atoms with Gasteiger partial charge in [-0.05, 0) is 66.9 Å². The van der Waals surface area contributed by atoms with Crippen LogP contribution < -0.4 is 4.72 Å².